The Labute approximate surface area is 126 Å². The fraction of sp³-hybridized carbons (Fsp3) is 0.125. The van der Waals surface area contributed by atoms with Gasteiger partial charge in [0.15, 0.2) is 0 Å². The van der Waals surface area contributed by atoms with Gasteiger partial charge in [-0.15, -0.1) is 0 Å². The number of hydrogen-bond donors (Lipinski definition) is 1. The molecule has 0 bridgehead atoms. The highest BCUT2D eigenvalue weighted by molar-refractivity contribution is 9.10. The van der Waals surface area contributed by atoms with Crippen molar-refractivity contribution in [3.8, 4) is 0 Å². The highest BCUT2D eigenvalue weighted by Crippen LogP contribution is 2.09. The van der Waals surface area contributed by atoms with Crippen molar-refractivity contribution in [2.75, 3.05) is 0 Å². The van der Waals surface area contributed by atoms with Crippen molar-refractivity contribution in [2.24, 2.45) is 5.10 Å². The number of hydrazone groups is 1. The summed E-state index contributed by atoms with van der Waals surface area (Å²) in [6, 6.07) is 15.6. The van der Waals surface area contributed by atoms with Crippen molar-refractivity contribution in [1.82, 2.24) is 5.43 Å². The van der Waals surface area contributed by atoms with E-state index >= 15 is 0 Å². The topological polar surface area (TPSA) is 41.5 Å². The van der Waals surface area contributed by atoms with Crippen molar-refractivity contribution >= 4 is 28.1 Å². The smallest absolute Gasteiger partial charge is 0.244 e. The number of carbonyl (C=O) groups is 1. The Morgan fingerprint density at radius 2 is 2.00 bits per heavy atom. The van der Waals surface area contributed by atoms with Gasteiger partial charge in [0, 0.05) is 4.47 Å². The lowest BCUT2D eigenvalue weighted by Gasteiger charge is -2.01. The van der Waals surface area contributed by atoms with Gasteiger partial charge in [-0.2, -0.15) is 5.10 Å². The number of aryl methyl sites for hydroxylation is 1. The van der Waals surface area contributed by atoms with Gasteiger partial charge in [0.2, 0.25) is 5.91 Å². The SMILES string of the molecule is Cc1ccc(CC(=O)N/N=C/c2cccc(Br)c2)cc1. The maximum atomic E-state index is 11.7. The van der Waals surface area contributed by atoms with E-state index in [2.05, 4.69) is 26.5 Å². The molecule has 2 aromatic rings. The highest BCUT2D eigenvalue weighted by Gasteiger charge is 2.01. The standard InChI is InChI=1S/C16H15BrN2O/c1-12-5-7-13(8-6-12)10-16(20)19-18-11-14-3-2-4-15(17)9-14/h2-9,11H,10H2,1H3,(H,19,20)/b18-11+. The Bertz CT molecular complexity index is 621. The Kier molecular flexibility index (Phi) is 5.07. The molecule has 0 saturated heterocycles. The normalized spacial score (nSPS) is 10.7. The van der Waals surface area contributed by atoms with Gasteiger partial charge in [0.25, 0.3) is 0 Å². The van der Waals surface area contributed by atoms with Crippen LogP contribution in [0.1, 0.15) is 16.7 Å². The predicted molar refractivity (Wildman–Crippen MR) is 84.8 cm³/mol. The van der Waals surface area contributed by atoms with Crippen molar-refractivity contribution in [3.63, 3.8) is 0 Å². The van der Waals surface area contributed by atoms with E-state index in [1.54, 1.807) is 6.21 Å². The summed E-state index contributed by atoms with van der Waals surface area (Å²) >= 11 is 3.38. The molecule has 0 unspecified atom stereocenters. The Balaban J connectivity index is 1.87. The summed E-state index contributed by atoms with van der Waals surface area (Å²) in [5.41, 5.74) is 5.61. The maximum Gasteiger partial charge on any atom is 0.244 e. The van der Waals surface area contributed by atoms with Gasteiger partial charge in [-0.3, -0.25) is 4.79 Å². The van der Waals surface area contributed by atoms with Crippen molar-refractivity contribution in [2.45, 2.75) is 13.3 Å². The first-order chi connectivity index (χ1) is 9.63. The van der Waals surface area contributed by atoms with E-state index in [0.717, 1.165) is 15.6 Å². The molecule has 0 aliphatic rings. The van der Waals surface area contributed by atoms with Crippen LogP contribution >= 0.6 is 15.9 Å². The molecular weight excluding hydrogens is 316 g/mol. The minimum Gasteiger partial charge on any atom is -0.273 e. The molecule has 0 atom stereocenters. The van der Waals surface area contributed by atoms with Crippen LogP contribution in [0.15, 0.2) is 58.1 Å². The van der Waals surface area contributed by atoms with E-state index in [-0.39, 0.29) is 5.91 Å². The minimum atomic E-state index is -0.125. The largest absolute Gasteiger partial charge is 0.273 e. The zero-order chi connectivity index (χ0) is 14.4. The first-order valence-corrected chi connectivity index (χ1v) is 7.06. The Morgan fingerprint density at radius 3 is 2.70 bits per heavy atom. The Hall–Kier alpha value is -1.94. The van der Waals surface area contributed by atoms with Gasteiger partial charge in [-0.25, -0.2) is 5.43 Å². The van der Waals surface area contributed by atoms with E-state index in [9.17, 15) is 4.79 Å². The van der Waals surface area contributed by atoms with Gasteiger partial charge in [0.1, 0.15) is 0 Å². The van der Waals surface area contributed by atoms with Crippen LogP contribution in [-0.4, -0.2) is 12.1 Å². The average Bonchev–Trinajstić information content (AvgIpc) is 2.41. The molecule has 0 aliphatic carbocycles. The van der Waals surface area contributed by atoms with Crippen molar-refractivity contribution in [3.05, 3.63) is 69.7 Å². The quantitative estimate of drug-likeness (QED) is 0.677. The third-order valence-corrected chi connectivity index (χ3v) is 3.23. The lowest BCUT2D eigenvalue weighted by Crippen LogP contribution is -2.19. The number of benzene rings is 2. The molecule has 3 nitrogen and oxygen atoms in total. The second-order valence-electron chi connectivity index (χ2n) is 4.51. The summed E-state index contributed by atoms with van der Waals surface area (Å²) in [6.07, 6.45) is 1.95. The van der Waals surface area contributed by atoms with E-state index < -0.39 is 0 Å². The molecule has 2 rings (SSSR count). The number of hydrogen-bond acceptors (Lipinski definition) is 2. The van der Waals surface area contributed by atoms with Crippen LogP contribution in [-0.2, 0) is 11.2 Å². The molecule has 102 valence electrons. The summed E-state index contributed by atoms with van der Waals surface area (Å²) in [7, 11) is 0. The number of nitrogens with one attached hydrogen (secondary N) is 1. The van der Waals surface area contributed by atoms with Crippen LogP contribution in [0.3, 0.4) is 0 Å². The summed E-state index contributed by atoms with van der Waals surface area (Å²) in [5.74, 6) is -0.125. The number of carbonyl (C=O) groups excluding carboxylic acids is 1. The second-order valence-corrected chi connectivity index (χ2v) is 5.43. The first kappa shape index (κ1) is 14.5. The van der Waals surface area contributed by atoms with Crippen LogP contribution in [0.25, 0.3) is 0 Å². The fourth-order valence-electron chi connectivity index (χ4n) is 1.70. The average molecular weight is 331 g/mol. The molecule has 0 saturated carbocycles. The molecular formula is C16H15BrN2O. The number of halogens is 1. The molecule has 0 radical (unpaired) electrons. The third kappa shape index (κ3) is 4.63. The molecule has 2 aromatic carbocycles. The third-order valence-electron chi connectivity index (χ3n) is 2.74. The van der Waals surface area contributed by atoms with Gasteiger partial charge in [-0.1, -0.05) is 57.9 Å². The Morgan fingerprint density at radius 1 is 1.25 bits per heavy atom. The molecule has 20 heavy (non-hydrogen) atoms. The van der Waals surface area contributed by atoms with Gasteiger partial charge in [0.05, 0.1) is 12.6 Å². The van der Waals surface area contributed by atoms with E-state index in [4.69, 9.17) is 0 Å². The summed E-state index contributed by atoms with van der Waals surface area (Å²) in [5, 5.41) is 3.95. The lowest BCUT2D eigenvalue weighted by molar-refractivity contribution is -0.120. The molecule has 0 aliphatic heterocycles. The van der Waals surface area contributed by atoms with Crippen LogP contribution in [0.5, 0.6) is 0 Å². The van der Waals surface area contributed by atoms with Crippen LogP contribution < -0.4 is 5.43 Å². The summed E-state index contributed by atoms with van der Waals surface area (Å²) in [6.45, 7) is 2.02. The van der Waals surface area contributed by atoms with Crippen LogP contribution in [0.4, 0.5) is 0 Å². The second kappa shape index (κ2) is 7.01. The van der Waals surface area contributed by atoms with Gasteiger partial charge in [-0.05, 0) is 30.2 Å². The number of rotatable bonds is 4. The maximum absolute atomic E-state index is 11.7. The van der Waals surface area contributed by atoms with E-state index in [0.29, 0.717) is 6.42 Å². The number of amides is 1. The zero-order valence-corrected chi connectivity index (χ0v) is 12.7. The van der Waals surface area contributed by atoms with Gasteiger partial charge < -0.3 is 0 Å². The minimum absolute atomic E-state index is 0.125. The predicted octanol–water partition coefficient (Wildman–Crippen LogP) is 3.45. The summed E-state index contributed by atoms with van der Waals surface area (Å²) in [4.78, 5) is 11.7. The molecule has 1 N–H and O–H groups in total. The first-order valence-electron chi connectivity index (χ1n) is 6.26. The number of nitrogens with zero attached hydrogens (tertiary/aromatic N) is 1. The van der Waals surface area contributed by atoms with Gasteiger partial charge >= 0.3 is 0 Å². The fourth-order valence-corrected chi connectivity index (χ4v) is 2.11. The molecule has 0 aromatic heterocycles. The monoisotopic (exact) mass is 330 g/mol. The van der Waals surface area contributed by atoms with Crippen LogP contribution in [0.2, 0.25) is 0 Å². The van der Waals surface area contributed by atoms with Crippen LogP contribution in [0, 0.1) is 6.92 Å². The summed E-state index contributed by atoms with van der Waals surface area (Å²) < 4.78 is 0.979. The highest BCUT2D eigenvalue weighted by atomic mass is 79.9. The molecule has 4 heteroatoms. The van der Waals surface area contributed by atoms with Crippen molar-refractivity contribution in [1.29, 1.82) is 0 Å². The zero-order valence-electron chi connectivity index (χ0n) is 11.1. The van der Waals surface area contributed by atoms with E-state index in [1.165, 1.54) is 5.56 Å². The lowest BCUT2D eigenvalue weighted by atomic mass is 10.1. The molecule has 0 spiro atoms. The molecule has 1 amide bonds. The van der Waals surface area contributed by atoms with E-state index in [1.807, 2.05) is 55.5 Å². The molecule has 0 heterocycles. The van der Waals surface area contributed by atoms with Crippen molar-refractivity contribution < 1.29 is 4.79 Å². The molecule has 0 fully saturated rings.